The number of hydrogen-bond donors (Lipinski definition) is 8. The van der Waals surface area contributed by atoms with Gasteiger partial charge in [-0.05, 0) is 144 Å². The van der Waals surface area contributed by atoms with Crippen LogP contribution in [0.15, 0.2) is 140 Å². The predicted octanol–water partition coefficient (Wildman–Crippen LogP) is 15.8. The van der Waals surface area contributed by atoms with Gasteiger partial charge in [0.15, 0.2) is 16.7 Å². The lowest BCUT2D eigenvalue weighted by atomic mass is 10.1. The average molecular weight is 2460 g/mol. The summed E-state index contributed by atoms with van der Waals surface area (Å²) in [4.78, 5) is 129. The number of alkyl halides is 1. The number of rotatable bonds is 19. The van der Waals surface area contributed by atoms with Crippen molar-refractivity contribution >= 4 is 288 Å². The fraction of sp³-hybridized carbons (Fsp3) is 0.211. The Balaban J connectivity index is -0.000000172. The Morgan fingerprint density at radius 3 is 0.986 bits per heavy atom. The van der Waals surface area contributed by atoms with Gasteiger partial charge in [-0.15, -0.1) is 27.6 Å². The molecule has 1 aromatic heterocycles. The van der Waals surface area contributed by atoms with Crippen molar-refractivity contribution in [2.24, 2.45) is 5.73 Å². The normalized spacial score (nSPS) is 9.46. The molecule has 0 spiro atoms. The number of aromatic carboxylic acids is 1. The molecule has 1 amide bonds. The molecule has 0 fully saturated rings. The van der Waals surface area contributed by atoms with Gasteiger partial charge >= 0.3 is 41.0 Å². The highest BCUT2D eigenvalue weighted by Crippen LogP contribution is 2.61. The van der Waals surface area contributed by atoms with E-state index in [1.165, 1.54) is 100 Å². The van der Waals surface area contributed by atoms with Gasteiger partial charge in [0.1, 0.15) is 5.82 Å². The first-order valence-electron chi connectivity index (χ1n) is 34.9. The number of nitrogen functional groups attached to an aromatic ring is 2. The van der Waals surface area contributed by atoms with Gasteiger partial charge in [0.2, 0.25) is 54.3 Å². The summed E-state index contributed by atoms with van der Waals surface area (Å²) >= 11 is 27.6. The van der Waals surface area contributed by atoms with E-state index in [0.29, 0.717) is 33.3 Å². The van der Waals surface area contributed by atoms with E-state index in [1.54, 1.807) is 18.2 Å². The highest BCUT2D eigenvalue weighted by Gasteiger charge is 2.21. The number of primary amides is 1. The number of methoxy groups -OCH3 is 5. The number of esters is 5. The summed E-state index contributed by atoms with van der Waals surface area (Å²) < 4.78 is 132. The van der Waals surface area contributed by atoms with E-state index in [1.807, 2.05) is 24.3 Å². The lowest BCUT2D eigenvalue weighted by Gasteiger charge is -2.06. The molecule has 778 valence electrons. The highest BCUT2D eigenvalue weighted by atomic mass is 80.9. The van der Waals surface area contributed by atoms with E-state index < -0.39 is 121 Å². The number of ether oxygens (including phenoxy) is 5. The van der Waals surface area contributed by atoms with Crippen LogP contribution in [0.3, 0.4) is 0 Å². The molecule has 8 aromatic rings. The standard InChI is InChI=1S/C10H9BrN2O3S.C10H10N2O4S.C10H10N2O3S.C9H8N2O5.C9H6N2O4.C9H8N2O2.C9H7NO6.C4H4ClN3.CH3ClO2S.2CH4.3CH3.Al.Br2.Cl3OP.Cl2OS.H3N.H2O.H2/c1-17(15,16)13-9-3-7(6-12)2-8(4-9)10(14)5-11;1-16-10(13)8-3-7(6-11)4-9(5-8)12-17(2,14)15;1-7(13)9-3-8(6-11)4-10(5-9)12-16(2,14)15;1-16-9(13)6-2-5(8(10)12)3-7(4-6)11(14)15;1-15-9(12)7-2-6(5-10)3-8(4-7)11(13)14;1-13-9(12)7-2-6(5-10)3-8(11)4-7;1-16-9(13)6-2-5(8(11)12)3-7(4-6)10(14)15;5-3-1-2-4(6)8-7-3;1-5(2,3)4;;;;;;;1-2;1-5(2,3)4;1-4(2)3;;;/h2-4,13H,5H2,1H3;3-5,12H,1-2H3;3-5,12H,1-2H3;2-4H,1H3,(H2,10,12);2-4H,1H3;2-4H,11H2,1H3;2-4H,1H3,(H,11,12);1-2H,(H2,6,8);1H3;2*1H4;3*1H3;;;;;1H3;1H2;1H. The number of aromatic nitrogens is 2. The van der Waals surface area contributed by atoms with E-state index in [0.717, 1.165) is 94.9 Å². The maximum absolute atomic E-state index is 11.5. The Morgan fingerprint density at radius 2 is 0.732 bits per heavy atom. The maximum Gasteiger partial charge on any atom is 0.339 e. The number of Topliss-reactive ketones (excluding diaryl/α,β-unsaturated/α-hetero) is 2. The maximum atomic E-state index is 11.5. The number of carboxylic acid groups (broad SMARTS) is 1. The van der Waals surface area contributed by atoms with Crippen molar-refractivity contribution in [1.29, 1.82) is 26.3 Å². The number of hydrogen-bond acceptors (Lipinski definition) is 40. The number of nitriles is 5. The number of nitrogens with zero attached hydrogens (tertiary/aromatic N) is 10. The summed E-state index contributed by atoms with van der Waals surface area (Å²) in [5.41, 5.74) is 16.7. The molecule has 66 heteroatoms. The number of halogens is 10. The molecule has 0 atom stereocenters. The van der Waals surface area contributed by atoms with E-state index in [2.05, 4.69) is 175 Å². The number of nitrogens with one attached hydrogen (secondary N) is 3. The molecule has 0 radical (unpaired) electrons. The minimum Gasteiger partial charge on any atom is -0.478 e. The fourth-order valence-corrected chi connectivity index (χ4v) is 10.1. The van der Waals surface area contributed by atoms with Crippen molar-refractivity contribution in [1.82, 2.24) is 16.3 Å². The first-order valence-corrected chi connectivity index (χ1v) is 59.2. The van der Waals surface area contributed by atoms with Gasteiger partial charge in [-0.2, -0.15) is 26.3 Å². The van der Waals surface area contributed by atoms with Crippen LogP contribution in [0, 0.1) is 87.0 Å². The van der Waals surface area contributed by atoms with Gasteiger partial charge < -0.3 is 57.6 Å². The number of sulfonamides is 3. The molecule has 0 saturated heterocycles. The molecule has 8 rings (SSSR count). The van der Waals surface area contributed by atoms with Crippen molar-refractivity contribution in [2.45, 2.75) is 39.1 Å². The molecule has 15 N–H and O–H groups in total. The second-order valence-corrected chi connectivity index (χ2v) is 46.9. The van der Waals surface area contributed by atoms with Crippen LogP contribution < -0.4 is 37.5 Å². The third kappa shape index (κ3) is 74.0. The number of amides is 1. The van der Waals surface area contributed by atoms with E-state index in [-0.39, 0.29) is 143 Å². The van der Waals surface area contributed by atoms with Crippen LogP contribution in [0.5, 0.6) is 0 Å². The van der Waals surface area contributed by atoms with Crippen molar-refractivity contribution in [3.8, 4) is 30.3 Å². The number of ketones is 2. The number of nitrogens with two attached hydrogens (primary N) is 3. The molecule has 0 aliphatic carbocycles. The Hall–Kier alpha value is -12.0. The Kier molecular flexibility index (Phi) is 77.9. The van der Waals surface area contributed by atoms with Gasteiger partial charge in [0, 0.05) is 121 Å². The second kappa shape index (κ2) is 74.9. The first kappa shape index (κ1) is 148. The average Bonchev–Trinajstić information content (AvgIpc) is 0.793. The lowest BCUT2D eigenvalue weighted by Crippen LogP contribution is -2.13. The molecule has 0 bridgehead atoms. The van der Waals surface area contributed by atoms with Gasteiger partial charge in [-0.25, -0.2) is 66.6 Å². The van der Waals surface area contributed by atoms with Gasteiger partial charge in [-0.3, -0.25) is 63.5 Å². The molecule has 0 aliphatic rings. The lowest BCUT2D eigenvalue weighted by molar-refractivity contribution is -0.385. The molecule has 1 heterocycles. The van der Waals surface area contributed by atoms with E-state index in [4.69, 9.17) is 64.4 Å². The quantitative estimate of drug-likeness (QED) is 0.00356. The topological polar surface area (TPSA) is 846 Å². The fourth-order valence-electron chi connectivity index (χ4n) is 8.04. The monoisotopic (exact) mass is 2450 g/mol. The summed E-state index contributed by atoms with van der Waals surface area (Å²) in [6.07, 6.45) is 3.90. The number of carbonyl (C=O) groups is 9. The van der Waals surface area contributed by atoms with Crippen molar-refractivity contribution in [2.75, 3.05) is 91.5 Å². The molecule has 49 nitrogen and oxygen atoms in total. The zero-order valence-corrected chi connectivity index (χ0v) is 90.1. The number of carboxylic acids is 1. The SMILES string of the molecule is BrBr.C.C.CC(=O)c1cc(C#N)cc(NS(C)(=O)=O)c1.COC(=O)c1cc(C#N)cc(NS(C)(=O)=O)c1.COC(=O)c1cc(C#N)cc([N+](=O)[O-])c1.COC(=O)c1cc(C(=O)O)cc([N+](=O)[O-])c1.COC(=O)c1cc(C(N)=O)cc([N+](=O)[O-])c1.COC(=O)c1cc(N)cc(C#N)c1.CS(=O)(=O)Cl.CS(=O)(=O)Nc1cc(C#N)cc(C(=O)CBr)c1.N.Nc1ccc(Cl)nn1.O.O=P(Cl)(Cl)Cl.O=S(Cl)Cl.[CH3][Al]([CH3])[CH3].[HH]. The molecular formula is C76H89AlBr3Cl7N17O32PS5. The van der Waals surface area contributed by atoms with Crippen LogP contribution in [-0.2, 0) is 76.6 Å². The summed E-state index contributed by atoms with van der Waals surface area (Å²) in [5.74, 6) is 1.19. The largest absolute Gasteiger partial charge is 0.478 e. The Morgan fingerprint density at radius 1 is 0.493 bits per heavy atom. The van der Waals surface area contributed by atoms with Gasteiger partial charge in [0.05, 0.1) is 189 Å². The van der Waals surface area contributed by atoms with Gasteiger partial charge in [-0.1, -0.05) is 42.4 Å². The third-order valence-electron chi connectivity index (χ3n) is 12.8. The molecule has 7 aromatic carbocycles. The predicted molar refractivity (Wildman–Crippen MR) is 551 cm³/mol. The van der Waals surface area contributed by atoms with Crippen LogP contribution in [0.1, 0.15) is 144 Å². The third-order valence-corrected chi connectivity index (χ3v) is 15.4. The first-order chi connectivity index (χ1) is 63.4. The molecule has 0 unspecified atom stereocenters. The number of anilines is 5. The number of benzene rings is 7. The van der Waals surface area contributed by atoms with Crippen LogP contribution in [0.25, 0.3) is 0 Å². The number of non-ortho nitro benzene ring substituents is 3. The van der Waals surface area contributed by atoms with Crippen molar-refractivity contribution in [3.05, 3.63) is 253 Å². The minimum absolute atomic E-state index is 0. The molecular weight excluding hydrogens is 2370 g/mol. The zero-order chi connectivity index (χ0) is 108. The number of nitro benzene ring substituents is 3. The van der Waals surface area contributed by atoms with Crippen molar-refractivity contribution < 1.29 is 136 Å². The van der Waals surface area contributed by atoms with Crippen molar-refractivity contribution in [3.63, 3.8) is 0 Å². The zero-order valence-electron chi connectivity index (χ0n) is 73.9. The Bertz CT molecular complexity index is 6220. The summed E-state index contributed by atoms with van der Waals surface area (Å²) in [7, 11) is 4.22. The van der Waals surface area contributed by atoms with Crippen LogP contribution in [-0.4, -0.2) is 207 Å². The van der Waals surface area contributed by atoms with Gasteiger partial charge in [0.25, 0.3) is 31.2 Å². The molecule has 142 heavy (non-hydrogen) atoms. The Labute approximate surface area is 878 Å². The van der Waals surface area contributed by atoms with E-state index >= 15 is 0 Å². The summed E-state index contributed by atoms with van der Waals surface area (Å²) in [5, 5.41) is 87.9. The molecule has 0 aliphatic heterocycles. The highest BCUT2D eigenvalue weighted by molar-refractivity contribution is 9.93. The number of nitro groups is 3. The van der Waals surface area contributed by atoms with Crippen LogP contribution in [0.2, 0.25) is 22.5 Å². The van der Waals surface area contributed by atoms with Crippen LogP contribution >= 0.6 is 127 Å². The van der Waals surface area contributed by atoms with Crippen LogP contribution in [0.4, 0.5) is 45.6 Å². The minimum atomic E-state index is -3.46. The summed E-state index contributed by atoms with van der Waals surface area (Å²) in [6, 6.07) is 38.4. The smallest absolute Gasteiger partial charge is 0.339 e. The summed E-state index contributed by atoms with van der Waals surface area (Å²) in [6.45, 7) is 1.35. The number of carbonyl (C=O) groups excluding carboxylic acids is 8. The second-order valence-electron chi connectivity index (χ2n) is 25.0. The van der Waals surface area contributed by atoms with E-state index in [9.17, 15) is 112 Å². The molecule has 0 saturated carbocycles.